The molecule has 5 nitrogen and oxygen atoms in total. The van der Waals surface area contributed by atoms with E-state index in [1.807, 2.05) is 0 Å². The summed E-state index contributed by atoms with van der Waals surface area (Å²) in [6.07, 6.45) is 1.57. The highest BCUT2D eigenvalue weighted by Crippen LogP contribution is 2.45. The van der Waals surface area contributed by atoms with Gasteiger partial charge in [0.2, 0.25) is 0 Å². The number of phosphoric ester groups is 1. The largest absolute Gasteiger partial charge is 0.472 e. The van der Waals surface area contributed by atoms with Crippen molar-refractivity contribution in [3.05, 3.63) is 0 Å². The van der Waals surface area contributed by atoms with E-state index in [4.69, 9.17) is 13.8 Å². The predicted octanol–water partition coefficient (Wildman–Crippen LogP) is 2.34. The summed E-state index contributed by atoms with van der Waals surface area (Å²) in [5.74, 6) is 0.416. The lowest BCUT2D eigenvalue weighted by atomic mass is 9.99. The van der Waals surface area contributed by atoms with Gasteiger partial charge in [-0.05, 0) is 26.2 Å². The lowest BCUT2D eigenvalue weighted by Crippen LogP contribution is -2.21. The van der Waals surface area contributed by atoms with Crippen LogP contribution in [0.2, 0.25) is 0 Å². The molecule has 1 fully saturated rings. The highest BCUT2D eigenvalue weighted by molar-refractivity contribution is 7.47. The van der Waals surface area contributed by atoms with E-state index in [1.54, 1.807) is 13.8 Å². The molecule has 1 aliphatic rings. The van der Waals surface area contributed by atoms with Gasteiger partial charge < -0.3 is 9.63 Å². The number of hydrogen-bond acceptors (Lipinski definition) is 4. The van der Waals surface area contributed by atoms with Crippen molar-refractivity contribution in [1.29, 1.82) is 0 Å². The molecular weight excluding hydrogens is 231 g/mol. The first kappa shape index (κ1) is 14.1. The van der Waals surface area contributed by atoms with Crippen LogP contribution in [0, 0.1) is 5.92 Å². The van der Waals surface area contributed by atoms with E-state index in [1.165, 1.54) is 0 Å². The molecule has 0 radical (unpaired) electrons. The minimum atomic E-state index is -3.92. The monoisotopic (exact) mass is 252 g/mol. The first-order valence-corrected chi connectivity index (χ1v) is 7.21. The summed E-state index contributed by atoms with van der Waals surface area (Å²) in [5.41, 5.74) is 0. The molecule has 1 saturated heterocycles. The van der Waals surface area contributed by atoms with Crippen molar-refractivity contribution in [2.24, 2.45) is 5.92 Å². The summed E-state index contributed by atoms with van der Waals surface area (Å²) < 4.78 is 26.6. The van der Waals surface area contributed by atoms with Gasteiger partial charge in [0, 0.05) is 6.61 Å². The Hall–Kier alpha value is 0.0700. The van der Waals surface area contributed by atoms with E-state index in [0.717, 1.165) is 12.8 Å². The quantitative estimate of drug-likeness (QED) is 0.735. The molecule has 16 heavy (non-hydrogen) atoms. The fraction of sp³-hybridized carbons (Fsp3) is 1.00. The summed E-state index contributed by atoms with van der Waals surface area (Å²) >= 11 is 0. The second-order valence-electron chi connectivity index (χ2n) is 4.28. The minimum absolute atomic E-state index is 0.0822. The Morgan fingerprint density at radius 3 is 2.81 bits per heavy atom. The molecule has 0 amide bonds. The van der Waals surface area contributed by atoms with Gasteiger partial charge in [0.15, 0.2) is 0 Å². The lowest BCUT2D eigenvalue weighted by molar-refractivity contribution is 0.0269. The van der Waals surface area contributed by atoms with Crippen LogP contribution >= 0.6 is 7.82 Å². The second-order valence-corrected chi connectivity index (χ2v) is 5.69. The summed E-state index contributed by atoms with van der Waals surface area (Å²) in [7, 11) is -3.92. The van der Waals surface area contributed by atoms with Gasteiger partial charge in [-0.2, -0.15) is 0 Å². The van der Waals surface area contributed by atoms with Crippen LogP contribution < -0.4 is 0 Å². The van der Waals surface area contributed by atoms with Crippen LogP contribution in [0.25, 0.3) is 0 Å². The van der Waals surface area contributed by atoms with Crippen molar-refractivity contribution >= 4 is 7.82 Å². The molecule has 3 atom stereocenters. The summed E-state index contributed by atoms with van der Waals surface area (Å²) in [6.45, 7) is 6.28. The summed E-state index contributed by atoms with van der Waals surface area (Å²) in [6, 6.07) is 0. The fourth-order valence-corrected chi connectivity index (χ4v) is 2.74. The molecule has 1 heterocycles. The average molecular weight is 252 g/mol. The van der Waals surface area contributed by atoms with Gasteiger partial charge in [0.05, 0.1) is 18.8 Å². The molecule has 96 valence electrons. The molecule has 1 rings (SSSR count). The van der Waals surface area contributed by atoms with E-state index in [9.17, 15) is 9.46 Å². The normalized spacial score (nSPS) is 29.6. The Morgan fingerprint density at radius 1 is 1.56 bits per heavy atom. The Labute approximate surface area is 96.7 Å². The van der Waals surface area contributed by atoms with E-state index < -0.39 is 7.82 Å². The molecule has 6 heteroatoms. The molecule has 2 unspecified atom stereocenters. The molecule has 1 aliphatic heterocycles. The van der Waals surface area contributed by atoms with E-state index in [0.29, 0.717) is 12.5 Å². The number of hydrogen-bond donors (Lipinski definition) is 1. The van der Waals surface area contributed by atoms with Crippen molar-refractivity contribution in [2.45, 2.75) is 45.8 Å². The van der Waals surface area contributed by atoms with Crippen molar-refractivity contribution in [3.8, 4) is 0 Å². The van der Waals surface area contributed by atoms with Crippen LogP contribution in [0.3, 0.4) is 0 Å². The van der Waals surface area contributed by atoms with Crippen LogP contribution in [0.1, 0.15) is 33.6 Å². The maximum Gasteiger partial charge on any atom is 0.472 e. The van der Waals surface area contributed by atoms with Crippen molar-refractivity contribution < 1.29 is 23.2 Å². The lowest BCUT2D eigenvalue weighted by Gasteiger charge is -2.19. The van der Waals surface area contributed by atoms with Gasteiger partial charge in [0.1, 0.15) is 0 Å². The smallest absolute Gasteiger partial charge is 0.376 e. The summed E-state index contributed by atoms with van der Waals surface area (Å²) in [5, 5.41) is 0. The Kier molecular flexibility index (Phi) is 5.41. The van der Waals surface area contributed by atoms with Gasteiger partial charge in [-0.3, -0.25) is 9.05 Å². The van der Waals surface area contributed by atoms with Gasteiger partial charge in [-0.15, -0.1) is 0 Å². The third-order valence-corrected chi connectivity index (χ3v) is 3.78. The van der Waals surface area contributed by atoms with E-state index in [-0.39, 0.29) is 18.8 Å². The van der Waals surface area contributed by atoms with Crippen LogP contribution in [-0.2, 0) is 18.3 Å². The molecule has 1 N–H and O–H groups in total. The Balaban J connectivity index is 2.35. The molecule has 0 aromatic carbocycles. The number of phosphoric acid groups is 1. The third kappa shape index (κ3) is 4.52. The second kappa shape index (κ2) is 6.12. The zero-order valence-electron chi connectivity index (χ0n) is 10.1. The summed E-state index contributed by atoms with van der Waals surface area (Å²) in [4.78, 5) is 9.36. The van der Waals surface area contributed by atoms with Gasteiger partial charge >= 0.3 is 7.82 Å². The predicted molar refractivity (Wildman–Crippen MR) is 60.1 cm³/mol. The zero-order chi connectivity index (χ0) is 12.2. The van der Waals surface area contributed by atoms with Gasteiger partial charge in [-0.1, -0.05) is 13.3 Å². The molecule has 0 aliphatic carbocycles. The molecule has 0 bridgehead atoms. The number of rotatable bonds is 6. The van der Waals surface area contributed by atoms with Gasteiger partial charge in [-0.25, -0.2) is 4.57 Å². The van der Waals surface area contributed by atoms with Crippen molar-refractivity contribution in [3.63, 3.8) is 0 Å². The molecule has 0 aromatic heterocycles. The third-order valence-electron chi connectivity index (χ3n) is 2.62. The van der Waals surface area contributed by atoms with Crippen LogP contribution in [0.5, 0.6) is 0 Å². The van der Waals surface area contributed by atoms with E-state index >= 15 is 0 Å². The first-order valence-electron chi connectivity index (χ1n) is 5.72. The standard InChI is InChI=1S/C10H21O5P/c1-4-9-5-6-13-10(9)7-14-16(11,12)15-8(2)3/h8-10H,4-7H2,1-3H3,(H,11,12)/t9-,10?/m0/s1. The van der Waals surface area contributed by atoms with Crippen LogP contribution in [-0.4, -0.2) is 30.3 Å². The van der Waals surface area contributed by atoms with Crippen molar-refractivity contribution in [1.82, 2.24) is 0 Å². The Morgan fingerprint density at radius 2 is 2.25 bits per heavy atom. The maximum atomic E-state index is 11.4. The average Bonchev–Trinajstić information content (AvgIpc) is 2.59. The van der Waals surface area contributed by atoms with Crippen molar-refractivity contribution in [2.75, 3.05) is 13.2 Å². The van der Waals surface area contributed by atoms with Crippen LogP contribution in [0.15, 0.2) is 0 Å². The highest BCUT2D eigenvalue weighted by Gasteiger charge is 2.31. The van der Waals surface area contributed by atoms with E-state index in [2.05, 4.69) is 6.92 Å². The first-order chi connectivity index (χ1) is 7.44. The topological polar surface area (TPSA) is 65.0 Å². The minimum Gasteiger partial charge on any atom is -0.376 e. The molecule has 0 aromatic rings. The van der Waals surface area contributed by atoms with Crippen LogP contribution in [0.4, 0.5) is 0 Å². The fourth-order valence-electron chi connectivity index (χ4n) is 1.81. The SMILES string of the molecule is CC[C@H]1CCOC1COP(=O)(O)OC(C)C. The molecule has 0 saturated carbocycles. The van der Waals surface area contributed by atoms with Gasteiger partial charge in [0.25, 0.3) is 0 Å². The number of ether oxygens (including phenoxy) is 1. The highest BCUT2D eigenvalue weighted by atomic mass is 31.2. The maximum absolute atomic E-state index is 11.4. The molecular formula is C10H21O5P. The Bertz CT molecular complexity index is 256. The molecule has 0 spiro atoms. The zero-order valence-corrected chi connectivity index (χ0v) is 11.0.